The second-order valence-electron chi connectivity index (χ2n) is 7.05. The van der Waals surface area contributed by atoms with Gasteiger partial charge < -0.3 is 10.6 Å². The van der Waals surface area contributed by atoms with E-state index in [0.29, 0.717) is 18.5 Å². The molecule has 3 rings (SSSR count). The Morgan fingerprint density at radius 2 is 1.67 bits per heavy atom. The van der Waals surface area contributed by atoms with E-state index in [1.807, 2.05) is 61.6 Å². The molecule has 0 unspecified atom stereocenters. The minimum Gasteiger partial charge on any atom is -0.359 e. The van der Waals surface area contributed by atoms with E-state index in [-0.39, 0.29) is 23.9 Å². The molecule has 27 heavy (non-hydrogen) atoms. The van der Waals surface area contributed by atoms with Gasteiger partial charge in [0.05, 0.1) is 0 Å². The van der Waals surface area contributed by atoms with Crippen molar-refractivity contribution in [2.24, 2.45) is 0 Å². The van der Waals surface area contributed by atoms with E-state index in [4.69, 9.17) is 0 Å². The molecule has 0 radical (unpaired) electrons. The molecule has 0 bridgehead atoms. The molecule has 5 heteroatoms. The van der Waals surface area contributed by atoms with Crippen LogP contribution in [0.5, 0.6) is 0 Å². The number of carbonyl (C=O) groups is 2. The molecule has 1 heterocycles. The predicted octanol–water partition coefficient (Wildman–Crippen LogP) is 2.68. The van der Waals surface area contributed by atoms with Gasteiger partial charge in [-0.2, -0.15) is 0 Å². The van der Waals surface area contributed by atoms with Crippen LogP contribution in [0.25, 0.3) is 11.1 Å². The van der Waals surface area contributed by atoms with Gasteiger partial charge in [0, 0.05) is 37.7 Å². The van der Waals surface area contributed by atoms with Crippen molar-refractivity contribution < 1.29 is 9.59 Å². The number of hydrogen-bond acceptors (Lipinski definition) is 3. The molecular weight excluding hydrogens is 338 g/mol. The molecule has 0 aromatic heterocycles. The van der Waals surface area contributed by atoms with E-state index < -0.39 is 0 Å². The number of benzene rings is 2. The summed E-state index contributed by atoms with van der Waals surface area (Å²) in [6.07, 6.45) is 2.47. The first-order valence-electron chi connectivity index (χ1n) is 9.45. The molecule has 5 nitrogen and oxygen atoms in total. The van der Waals surface area contributed by atoms with Crippen LogP contribution in [0.3, 0.4) is 0 Å². The van der Waals surface area contributed by atoms with Gasteiger partial charge in [-0.25, -0.2) is 0 Å². The second kappa shape index (κ2) is 8.82. The Morgan fingerprint density at radius 3 is 2.41 bits per heavy atom. The Kier molecular flexibility index (Phi) is 6.24. The van der Waals surface area contributed by atoms with Gasteiger partial charge >= 0.3 is 0 Å². The Balaban J connectivity index is 1.63. The van der Waals surface area contributed by atoms with E-state index in [1.54, 1.807) is 7.05 Å². The fourth-order valence-electron chi connectivity index (χ4n) is 3.75. The highest BCUT2D eigenvalue weighted by Gasteiger charge is 2.31. The van der Waals surface area contributed by atoms with Crippen molar-refractivity contribution in [3.63, 3.8) is 0 Å². The van der Waals surface area contributed by atoms with Crippen LogP contribution in [0.4, 0.5) is 0 Å². The van der Waals surface area contributed by atoms with Crippen molar-refractivity contribution in [2.75, 3.05) is 20.6 Å². The summed E-state index contributed by atoms with van der Waals surface area (Å²) in [5, 5.41) is 5.77. The first kappa shape index (κ1) is 19.1. The number of nitrogens with zero attached hydrogens (tertiary/aromatic N) is 1. The Morgan fingerprint density at radius 1 is 1.00 bits per heavy atom. The average Bonchev–Trinajstić information content (AvgIpc) is 3.06. The lowest BCUT2D eigenvalue weighted by Crippen LogP contribution is -2.42. The molecule has 2 atom stereocenters. The molecule has 1 aliphatic heterocycles. The predicted molar refractivity (Wildman–Crippen MR) is 107 cm³/mol. The lowest BCUT2D eigenvalue weighted by atomic mass is 9.99. The molecule has 1 aliphatic rings. The third kappa shape index (κ3) is 4.55. The first-order chi connectivity index (χ1) is 13.1. The van der Waals surface area contributed by atoms with Gasteiger partial charge in [0.2, 0.25) is 5.91 Å². The van der Waals surface area contributed by atoms with Gasteiger partial charge in [-0.15, -0.1) is 0 Å². The average molecular weight is 365 g/mol. The van der Waals surface area contributed by atoms with Crippen molar-refractivity contribution in [3.8, 4) is 11.1 Å². The second-order valence-corrected chi connectivity index (χ2v) is 7.05. The summed E-state index contributed by atoms with van der Waals surface area (Å²) >= 11 is 0. The molecular formula is C22H27N3O2. The van der Waals surface area contributed by atoms with E-state index in [9.17, 15) is 9.59 Å². The van der Waals surface area contributed by atoms with Gasteiger partial charge in [0.1, 0.15) is 0 Å². The minimum absolute atomic E-state index is 0.0578. The van der Waals surface area contributed by atoms with Crippen LogP contribution in [0.1, 0.15) is 29.6 Å². The van der Waals surface area contributed by atoms with Crippen LogP contribution in [0.15, 0.2) is 54.6 Å². The zero-order chi connectivity index (χ0) is 19.2. The number of amides is 2. The van der Waals surface area contributed by atoms with Crippen molar-refractivity contribution in [1.29, 1.82) is 0 Å². The summed E-state index contributed by atoms with van der Waals surface area (Å²) in [6.45, 7) is 0.586. The summed E-state index contributed by atoms with van der Waals surface area (Å²) in [5.41, 5.74) is 2.66. The summed E-state index contributed by atoms with van der Waals surface area (Å²) in [6, 6.07) is 18.1. The number of hydrogen-bond donors (Lipinski definition) is 2. The lowest BCUT2D eigenvalue weighted by Gasteiger charge is -2.25. The van der Waals surface area contributed by atoms with E-state index >= 15 is 0 Å². The van der Waals surface area contributed by atoms with Crippen LogP contribution >= 0.6 is 0 Å². The maximum Gasteiger partial charge on any atom is 0.251 e. The van der Waals surface area contributed by atoms with Gasteiger partial charge in [-0.05, 0) is 37.1 Å². The molecule has 0 aliphatic carbocycles. The molecule has 2 aromatic carbocycles. The Hall–Kier alpha value is -2.66. The number of likely N-dealkylation sites (tertiary alicyclic amines) is 1. The van der Waals surface area contributed by atoms with Crippen LogP contribution in [-0.2, 0) is 4.79 Å². The SMILES string of the molecule is CNC(=O)C[C@H]1CC[C@@H](CNC(=O)c2ccccc2-c2ccccc2)N1C. The van der Waals surface area contributed by atoms with Gasteiger partial charge in [0.25, 0.3) is 5.91 Å². The van der Waals surface area contributed by atoms with E-state index in [0.717, 1.165) is 24.0 Å². The van der Waals surface area contributed by atoms with E-state index in [2.05, 4.69) is 15.5 Å². The fraction of sp³-hybridized carbons (Fsp3) is 0.364. The zero-order valence-corrected chi connectivity index (χ0v) is 15.9. The summed E-state index contributed by atoms with van der Waals surface area (Å²) < 4.78 is 0. The van der Waals surface area contributed by atoms with Crippen LogP contribution in [0, 0.1) is 0 Å². The summed E-state index contributed by atoms with van der Waals surface area (Å²) in [5.74, 6) is 0.00549. The van der Waals surface area contributed by atoms with Crippen molar-refractivity contribution in [2.45, 2.75) is 31.3 Å². The van der Waals surface area contributed by atoms with Gasteiger partial charge in [-0.3, -0.25) is 14.5 Å². The molecule has 0 saturated carbocycles. The minimum atomic E-state index is -0.0578. The van der Waals surface area contributed by atoms with Gasteiger partial charge in [-0.1, -0.05) is 48.5 Å². The largest absolute Gasteiger partial charge is 0.359 e. The van der Waals surface area contributed by atoms with Gasteiger partial charge in [0.15, 0.2) is 0 Å². The summed E-state index contributed by atoms with van der Waals surface area (Å²) in [7, 11) is 3.70. The maximum atomic E-state index is 12.8. The molecule has 1 saturated heterocycles. The quantitative estimate of drug-likeness (QED) is 0.827. The fourth-order valence-corrected chi connectivity index (χ4v) is 3.75. The van der Waals surface area contributed by atoms with Crippen LogP contribution < -0.4 is 10.6 Å². The highest BCUT2D eigenvalue weighted by molar-refractivity contribution is 6.00. The van der Waals surface area contributed by atoms with Crippen molar-refractivity contribution >= 4 is 11.8 Å². The molecule has 0 spiro atoms. The normalized spacial score (nSPS) is 19.6. The third-order valence-corrected chi connectivity index (χ3v) is 5.44. The first-order valence-corrected chi connectivity index (χ1v) is 9.45. The molecule has 142 valence electrons. The molecule has 2 amide bonds. The molecule has 2 N–H and O–H groups in total. The van der Waals surface area contributed by atoms with Crippen LogP contribution in [-0.4, -0.2) is 49.4 Å². The van der Waals surface area contributed by atoms with Crippen LogP contribution in [0.2, 0.25) is 0 Å². The Labute approximate surface area is 160 Å². The Bertz CT molecular complexity index is 791. The van der Waals surface area contributed by atoms with Crippen molar-refractivity contribution in [1.82, 2.24) is 15.5 Å². The standard InChI is InChI=1S/C22H27N3O2/c1-23-21(26)14-17-12-13-18(25(17)2)15-24-22(27)20-11-7-6-10-19(20)16-8-4-3-5-9-16/h3-11,17-18H,12-15H2,1-2H3,(H,23,26)(H,24,27)/t17-,18+/m1/s1. The van der Waals surface area contributed by atoms with E-state index in [1.165, 1.54) is 0 Å². The highest BCUT2D eigenvalue weighted by atomic mass is 16.2. The number of likely N-dealkylation sites (N-methyl/N-ethyl adjacent to an activating group) is 1. The number of nitrogens with one attached hydrogen (secondary N) is 2. The number of carbonyl (C=O) groups excluding carboxylic acids is 2. The maximum absolute atomic E-state index is 12.8. The monoisotopic (exact) mass is 365 g/mol. The highest BCUT2D eigenvalue weighted by Crippen LogP contribution is 2.25. The third-order valence-electron chi connectivity index (χ3n) is 5.44. The summed E-state index contributed by atoms with van der Waals surface area (Å²) in [4.78, 5) is 26.7. The zero-order valence-electron chi connectivity index (χ0n) is 15.9. The lowest BCUT2D eigenvalue weighted by molar-refractivity contribution is -0.121. The molecule has 2 aromatic rings. The number of rotatable bonds is 6. The molecule has 1 fully saturated rings. The smallest absolute Gasteiger partial charge is 0.251 e. The van der Waals surface area contributed by atoms with Crippen molar-refractivity contribution in [3.05, 3.63) is 60.2 Å². The topological polar surface area (TPSA) is 61.4 Å².